The second kappa shape index (κ2) is 9.38. The molecule has 3 aliphatic rings. The molecule has 1 spiro atoms. The molecule has 7 heteroatoms. The molecule has 1 amide bonds. The minimum absolute atomic E-state index is 0.102. The number of carboxylic acid groups (broad SMARTS) is 1. The van der Waals surface area contributed by atoms with Gasteiger partial charge in [-0.25, -0.2) is 4.79 Å². The molecule has 2 heterocycles. The van der Waals surface area contributed by atoms with Gasteiger partial charge in [0, 0.05) is 31.1 Å². The van der Waals surface area contributed by atoms with E-state index in [1.807, 2.05) is 11.8 Å². The first-order valence-corrected chi connectivity index (χ1v) is 9.48. The van der Waals surface area contributed by atoms with Crippen LogP contribution in [0.2, 0.25) is 0 Å². The Hall–Kier alpha value is -1.34. The molecule has 3 rings (SSSR count). The van der Waals surface area contributed by atoms with Crippen LogP contribution in [-0.4, -0.2) is 77.5 Å². The maximum absolute atomic E-state index is 11.8. The third-order valence-corrected chi connectivity index (χ3v) is 6.00. The summed E-state index contributed by atoms with van der Waals surface area (Å²) in [6, 6.07) is 0.565. The van der Waals surface area contributed by atoms with Crippen molar-refractivity contribution in [3.63, 3.8) is 0 Å². The molecule has 7 nitrogen and oxygen atoms in total. The van der Waals surface area contributed by atoms with Gasteiger partial charge in [0.25, 0.3) is 6.47 Å². The number of ether oxygens (including phenoxy) is 1. The molecular weight excluding hydrogens is 324 g/mol. The SMILES string of the molecule is CCOC(=O)N1CCC(N2CCC[C@]3(CCC[C@H]3O)C2)CC1.O=CO. The first-order valence-electron chi connectivity index (χ1n) is 9.48. The van der Waals surface area contributed by atoms with Crippen LogP contribution in [-0.2, 0) is 9.53 Å². The van der Waals surface area contributed by atoms with Gasteiger partial charge in [-0.05, 0) is 52.0 Å². The molecule has 1 saturated carbocycles. The normalized spacial score (nSPS) is 30.6. The molecule has 2 N–H and O–H groups in total. The summed E-state index contributed by atoms with van der Waals surface area (Å²) in [6.07, 6.45) is 7.53. The number of hydrogen-bond donors (Lipinski definition) is 2. The topological polar surface area (TPSA) is 90.3 Å². The number of carbonyl (C=O) groups excluding carboxylic acids is 1. The average molecular weight is 356 g/mol. The van der Waals surface area contributed by atoms with Crippen LogP contribution in [0.15, 0.2) is 0 Å². The predicted molar refractivity (Wildman–Crippen MR) is 93.4 cm³/mol. The van der Waals surface area contributed by atoms with E-state index in [2.05, 4.69) is 4.90 Å². The Morgan fingerprint density at radius 3 is 2.40 bits per heavy atom. The van der Waals surface area contributed by atoms with Gasteiger partial charge in [0.2, 0.25) is 0 Å². The van der Waals surface area contributed by atoms with Crippen LogP contribution >= 0.6 is 0 Å². The molecule has 0 aromatic carbocycles. The van der Waals surface area contributed by atoms with Crippen LogP contribution in [0.5, 0.6) is 0 Å². The van der Waals surface area contributed by atoms with Gasteiger partial charge in [-0.1, -0.05) is 6.42 Å². The van der Waals surface area contributed by atoms with Crippen LogP contribution in [0.25, 0.3) is 0 Å². The number of rotatable bonds is 2. The van der Waals surface area contributed by atoms with Crippen molar-refractivity contribution in [2.45, 2.75) is 64.0 Å². The van der Waals surface area contributed by atoms with Crippen molar-refractivity contribution >= 4 is 12.6 Å². The van der Waals surface area contributed by atoms with E-state index in [0.717, 1.165) is 45.4 Å². The number of likely N-dealkylation sites (tertiary alicyclic amines) is 2. The minimum Gasteiger partial charge on any atom is -0.483 e. The van der Waals surface area contributed by atoms with Gasteiger partial charge < -0.3 is 19.8 Å². The summed E-state index contributed by atoms with van der Waals surface area (Å²) in [5.74, 6) is 0. The molecule has 0 unspecified atom stereocenters. The molecule has 2 atom stereocenters. The summed E-state index contributed by atoms with van der Waals surface area (Å²) >= 11 is 0. The van der Waals surface area contributed by atoms with Crippen molar-refractivity contribution in [2.75, 3.05) is 32.8 Å². The zero-order chi connectivity index (χ0) is 18.3. The molecule has 1 aliphatic carbocycles. The summed E-state index contributed by atoms with van der Waals surface area (Å²) in [4.78, 5) is 24.6. The smallest absolute Gasteiger partial charge is 0.409 e. The third-order valence-electron chi connectivity index (χ3n) is 6.00. The Kier molecular flexibility index (Phi) is 7.50. The van der Waals surface area contributed by atoms with Crippen molar-refractivity contribution in [1.29, 1.82) is 0 Å². The summed E-state index contributed by atoms with van der Waals surface area (Å²) < 4.78 is 5.09. The molecule has 2 aliphatic heterocycles. The van der Waals surface area contributed by atoms with Crippen LogP contribution in [0.1, 0.15) is 51.9 Å². The number of hydrogen-bond acceptors (Lipinski definition) is 5. The molecular formula is C18H32N2O5. The monoisotopic (exact) mass is 356 g/mol. The van der Waals surface area contributed by atoms with Gasteiger partial charge in [0.15, 0.2) is 0 Å². The van der Waals surface area contributed by atoms with E-state index < -0.39 is 0 Å². The fraction of sp³-hybridized carbons (Fsp3) is 0.889. The summed E-state index contributed by atoms with van der Waals surface area (Å²) in [6.45, 7) is 5.86. The molecule has 0 radical (unpaired) electrons. The largest absolute Gasteiger partial charge is 0.483 e. The van der Waals surface area contributed by atoms with Gasteiger partial charge in [-0.3, -0.25) is 9.69 Å². The van der Waals surface area contributed by atoms with Crippen LogP contribution in [0.4, 0.5) is 4.79 Å². The highest BCUT2D eigenvalue weighted by molar-refractivity contribution is 5.67. The zero-order valence-corrected chi connectivity index (χ0v) is 15.2. The van der Waals surface area contributed by atoms with E-state index in [1.54, 1.807) is 0 Å². The first-order chi connectivity index (χ1) is 12.1. The van der Waals surface area contributed by atoms with Crippen LogP contribution in [0.3, 0.4) is 0 Å². The van der Waals surface area contributed by atoms with E-state index in [4.69, 9.17) is 14.6 Å². The van der Waals surface area contributed by atoms with E-state index in [9.17, 15) is 9.90 Å². The molecule has 144 valence electrons. The van der Waals surface area contributed by atoms with Crippen molar-refractivity contribution in [2.24, 2.45) is 5.41 Å². The van der Waals surface area contributed by atoms with Crippen molar-refractivity contribution in [1.82, 2.24) is 9.80 Å². The molecule has 0 aromatic rings. The number of piperidine rings is 2. The zero-order valence-electron chi connectivity index (χ0n) is 15.2. The van der Waals surface area contributed by atoms with E-state index in [-0.39, 0.29) is 24.1 Å². The average Bonchev–Trinajstić information content (AvgIpc) is 2.96. The van der Waals surface area contributed by atoms with Crippen molar-refractivity contribution in [3.05, 3.63) is 0 Å². The molecule has 0 bridgehead atoms. The first kappa shape index (κ1) is 20.0. The van der Waals surface area contributed by atoms with E-state index >= 15 is 0 Å². The predicted octanol–water partition coefficient (Wildman–Crippen LogP) is 1.94. The van der Waals surface area contributed by atoms with Gasteiger partial charge >= 0.3 is 6.09 Å². The molecule has 3 fully saturated rings. The lowest BCUT2D eigenvalue weighted by atomic mass is 9.76. The number of aliphatic hydroxyl groups is 1. The van der Waals surface area contributed by atoms with Gasteiger partial charge in [0.05, 0.1) is 12.7 Å². The summed E-state index contributed by atoms with van der Waals surface area (Å²) in [5.41, 5.74) is 0.163. The summed E-state index contributed by atoms with van der Waals surface area (Å²) in [5, 5.41) is 17.3. The number of amides is 1. The Labute approximate surface area is 149 Å². The second-order valence-corrected chi connectivity index (χ2v) is 7.37. The highest BCUT2D eigenvalue weighted by Gasteiger charge is 2.46. The Balaban J connectivity index is 0.000000701. The number of aliphatic hydroxyl groups excluding tert-OH is 1. The number of nitrogens with zero attached hydrogens (tertiary/aromatic N) is 2. The highest BCUT2D eigenvalue weighted by Crippen LogP contribution is 2.45. The van der Waals surface area contributed by atoms with E-state index in [0.29, 0.717) is 12.6 Å². The standard InChI is InChI=1S/C17H30N2O3.CH2O2/c1-2-22-16(21)18-11-6-14(7-12-18)19-10-4-9-17(13-19)8-3-5-15(17)20;2-1-3/h14-15,20H,2-13H2,1H3;1H,(H,2,3)/t15-,17-;/m1./s1. The maximum atomic E-state index is 11.8. The highest BCUT2D eigenvalue weighted by atomic mass is 16.6. The second-order valence-electron chi connectivity index (χ2n) is 7.37. The number of carbonyl (C=O) groups is 2. The quantitative estimate of drug-likeness (QED) is 0.735. The van der Waals surface area contributed by atoms with Crippen molar-refractivity contribution < 1.29 is 24.5 Å². The maximum Gasteiger partial charge on any atom is 0.409 e. The van der Waals surface area contributed by atoms with Gasteiger partial charge in [-0.2, -0.15) is 0 Å². The van der Waals surface area contributed by atoms with Gasteiger partial charge in [-0.15, -0.1) is 0 Å². The van der Waals surface area contributed by atoms with E-state index in [1.165, 1.54) is 25.7 Å². The Bertz CT molecular complexity index is 439. The van der Waals surface area contributed by atoms with Crippen LogP contribution in [0, 0.1) is 5.41 Å². The van der Waals surface area contributed by atoms with Crippen molar-refractivity contribution in [3.8, 4) is 0 Å². The molecule has 25 heavy (non-hydrogen) atoms. The fourth-order valence-corrected chi connectivity index (χ4v) is 4.73. The minimum atomic E-state index is -0.250. The Morgan fingerprint density at radius 1 is 1.20 bits per heavy atom. The fourth-order valence-electron chi connectivity index (χ4n) is 4.73. The molecule has 0 aromatic heterocycles. The molecule has 2 saturated heterocycles. The lowest BCUT2D eigenvalue weighted by molar-refractivity contribution is -0.122. The Morgan fingerprint density at radius 2 is 1.84 bits per heavy atom. The summed E-state index contributed by atoms with van der Waals surface area (Å²) in [7, 11) is 0. The lowest BCUT2D eigenvalue weighted by Crippen LogP contribution is -2.54. The third kappa shape index (κ3) is 4.85. The van der Waals surface area contributed by atoms with Crippen LogP contribution < -0.4 is 0 Å². The lowest BCUT2D eigenvalue weighted by Gasteiger charge is -2.47. The van der Waals surface area contributed by atoms with Gasteiger partial charge in [0.1, 0.15) is 0 Å².